The molecule has 0 spiro atoms. The number of hydrogen-bond donors (Lipinski definition) is 1. The Kier molecular flexibility index (Phi) is 4.59. The number of ether oxygens (including phenoxy) is 1. The van der Waals surface area contributed by atoms with Gasteiger partial charge in [0, 0.05) is 10.9 Å². The van der Waals surface area contributed by atoms with Gasteiger partial charge in [-0.15, -0.1) is 11.3 Å². The average Bonchev–Trinajstić information content (AvgIpc) is 3.13. The van der Waals surface area contributed by atoms with Crippen molar-refractivity contribution < 1.29 is 14.6 Å². The van der Waals surface area contributed by atoms with E-state index in [1.54, 1.807) is 11.3 Å². The molecule has 4 atom stereocenters. The molecule has 0 aliphatic heterocycles. The van der Waals surface area contributed by atoms with E-state index in [0.29, 0.717) is 24.2 Å². The molecule has 4 bridgehead atoms. The smallest absolute Gasteiger partial charge is 0.312 e. The molecule has 4 saturated carbocycles. The van der Waals surface area contributed by atoms with Gasteiger partial charge in [0.1, 0.15) is 11.6 Å². The zero-order valence-corrected chi connectivity index (χ0v) is 18.0. The Balaban J connectivity index is 1.25. The normalized spacial score (nSPS) is 32.7. The zero-order valence-electron chi connectivity index (χ0n) is 17.2. The van der Waals surface area contributed by atoms with Crippen LogP contribution >= 0.6 is 11.3 Å². The first kappa shape index (κ1) is 19.3. The first-order valence-corrected chi connectivity index (χ1v) is 11.7. The number of thiazole rings is 1. The molecule has 0 saturated heterocycles. The van der Waals surface area contributed by atoms with Crippen LogP contribution in [-0.2, 0) is 16.1 Å². The third-order valence-electron chi connectivity index (χ3n) is 7.19. The van der Waals surface area contributed by atoms with Crippen LogP contribution in [0.25, 0.3) is 10.6 Å². The van der Waals surface area contributed by atoms with E-state index >= 15 is 0 Å². The predicted octanol–water partition coefficient (Wildman–Crippen LogP) is 5.31. The van der Waals surface area contributed by atoms with Crippen LogP contribution in [0.15, 0.2) is 29.6 Å². The lowest BCUT2D eigenvalue weighted by molar-refractivity contribution is -0.197. The van der Waals surface area contributed by atoms with Gasteiger partial charge in [-0.25, -0.2) is 4.98 Å². The van der Waals surface area contributed by atoms with Crippen molar-refractivity contribution in [2.75, 3.05) is 0 Å². The maximum Gasteiger partial charge on any atom is 0.312 e. The van der Waals surface area contributed by atoms with Crippen LogP contribution in [0.1, 0.15) is 69.5 Å². The minimum atomic E-state index is -0.640. The van der Waals surface area contributed by atoms with Gasteiger partial charge in [0.15, 0.2) is 0 Å². The van der Waals surface area contributed by atoms with E-state index < -0.39 is 11.0 Å². The molecule has 154 valence electrons. The molecule has 6 rings (SSSR count). The van der Waals surface area contributed by atoms with Crippen molar-refractivity contribution in [2.24, 2.45) is 17.3 Å². The number of esters is 1. The Morgan fingerprint density at radius 3 is 2.52 bits per heavy atom. The van der Waals surface area contributed by atoms with Gasteiger partial charge >= 0.3 is 5.97 Å². The number of aliphatic hydroxyl groups is 1. The summed E-state index contributed by atoms with van der Waals surface area (Å²) in [7, 11) is 0. The summed E-state index contributed by atoms with van der Waals surface area (Å²) in [5.41, 5.74) is 2.11. The lowest BCUT2D eigenvalue weighted by Crippen LogP contribution is -2.58. The van der Waals surface area contributed by atoms with Crippen molar-refractivity contribution in [3.63, 3.8) is 0 Å². The lowest BCUT2D eigenvalue weighted by atomic mass is 9.48. The van der Waals surface area contributed by atoms with E-state index in [0.717, 1.165) is 41.9 Å². The molecular formula is C24H29NO3S. The third-order valence-corrected chi connectivity index (χ3v) is 8.13. The van der Waals surface area contributed by atoms with Crippen LogP contribution in [0.4, 0.5) is 0 Å². The molecule has 1 aromatic carbocycles. The highest BCUT2D eigenvalue weighted by Crippen LogP contribution is 2.62. The van der Waals surface area contributed by atoms with E-state index in [4.69, 9.17) is 4.74 Å². The monoisotopic (exact) mass is 411 g/mol. The largest absolute Gasteiger partial charge is 0.459 e. The Labute approximate surface area is 176 Å². The van der Waals surface area contributed by atoms with Gasteiger partial charge in [-0.3, -0.25) is 4.79 Å². The van der Waals surface area contributed by atoms with Crippen molar-refractivity contribution in [1.29, 1.82) is 0 Å². The highest BCUT2D eigenvalue weighted by molar-refractivity contribution is 7.13. The predicted molar refractivity (Wildman–Crippen MR) is 113 cm³/mol. The number of carbonyl (C=O) groups is 1. The molecule has 1 heterocycles. The Morgan fingerprint density at radius 2 is 1.90 bits per heavy atom. The van der Waals surface area contributed by atoms with E-state index in [9.17, 15) is 9.90 Å². The van der Waals surface area contributed by atoms with Crippen molar-refractivity contribution >= 4 is 17.3 Å². The second-order valence-corrected chi connectivity index (χ2v) is 10.8. The first-order valence-electron chi connectivity index (χ1n) is 10.8. The van der Waals surface area contributed by atoms with Crippen LogP contribution in [0.5, 0.6) is 0 Å². The van der Waals surface area contributed by atoms with E-state index in [-0.39, 0.29) is 12.6 Å². The minimum absolute atomic E-state index is 0.124. The molecule has 1 aromatic heterocycles. The van der Waals surface area contributed by atoms with Gasteiger partial charge in [-0.2, -0.15) is 0 Å². The molecule has 4 nitrogen and oxygen atoms in total. The average molecular weight is 412 g/mol. The van der Waals surface area contributed by atoms with Gasteiger partial charge in [-0.05, 0) is 61.8 Å². The molecule has 4 fully saturated rings. The van der Waals surface area contributed by atoms with E-state index in [2.05, 4.69) is 43.1 Å². The number of benzene rings is 1. The molecule has 5 heteroatoms. The van der Waals surface area contributed by atoms with Crippen molar-refractivity contribution in [1.82, 2.24) is 4.98 Å². The van der Waals surface area contributed by atoms with Crippen LogP contribution in [0.3, 0.4) is 0 Å². The van der Waals surface area contributed by atoms with Crippen LogP contribution in [0, 0.1) is 17.3 Å². The Hall–Kier alpha value is -1.72. The molecule has 29 heavy (non-hydrogen) atoms. The van der Waals surface area contributed by atoms with Crippen molar-refractivity contribution in [3.05, 3.63) is 40.9 Å². The topological polar surface area (TPSA) is 59.4 Å². The standard InChI is InChI=1S/C24H29NO3S/c1-15(2)18-3-5-19(6-4-18)21-25-20(13-29-21)12-28-22(26)23-8-16-7-17(9-23)11-24(27,10-16)14-23/h3-6,13,15-17,27H,7-12,14H2,1-2H3/t16-,17+,23?,24?. The molecule has 4 aliphatic carbocycles. The number of rotatable bonds is 5. The summed E-state index contributed by atoms with van der Waals surface area (Å²) in [6.45, 7) is 4.59. The van der Waals surface area contributed by atoms with Crippen LogP contribution < -0.4 is 0 Å². The Bertz CT molecular complexity index is 902. The fraction of sp³-hybridized carbons (Fsp3) is 0.583. The number of carbonyl (C=O) groups excluding carboxylic acids is 1. The third kappa shape index (κ3) is 3.53. The second kappa shape index (κ2) is 6.92. The fourth-order valence-electron chi connectivity index (χ4n) is 6.26. The summed E-state index contributed by atoms with van der Waals surface area (Å²) in [6, 6.07) is 8.53. The molecule has 2 aromatic rings. The molecule has 4 aliphatic rings. The molecule has 0 amide bonds. The summed E-state index contributed by atoms with van der Waals surface area (Å²) in [4.78, 5) is 17.7. The fourth-order valence-corrected chi connectivity index (χ4v) is 7.07. The number of hydrogen-bond acceptors (Lipinski definition) is 5. The molecular weight excluding hydrogens is 382 g/mol. The van der Waals surface area contributed by atoms with Gasteiger partial charge in [0.05, 0.1) is 16.7 Å². The van der Waals surface area contributed by atoms with E-state index in [1.807, 2.05) is 5.38 Å². The second-order valence-electron chi connectivity index (χ2n) is 9.96. The SMILES string of the molecule is CC(C)c1ccc(-c2nc(COC(=O)C34C[C@@H]5C[C@@H](CC(O)(C5)C3)C4)cs2)cc1. The lowest BCUT2D eigenvalue weighted by Gasteiger charge is -2.58. The summed E-state index contributed by atoms with van der Waals surface area (Å²) in [5, 5.41) is 13.8. The van der Waals surface area contributed by atoms with Crippen LogP contribution in [-0.4, -0.2) is 21.7 Å². The van der Waals surface area contributed by atoms with Gasteiger partial charge in [-0.1, -0.05) is 38.1 Å². The molecule has 2 unspecified atom stereocenters. The van der Waals surface area contributed by atoms with E-state index in [1.165, 1.54) is 12.0 Å². The van der Waals surface area contributed by atoms with Crippen LogP contribution in [0.2, 0.25) is 0 Å². The van der Waals surface area contributed by atoms with Gasteiger partial charge in [0.2, 0.25) is 0 Å². The summed E-state index contributed by atoms with van der Waals surface area (Å²) >= 11 is 1.58. The number of nitrogens with zero attached hydrogens (tertiary/aromatic N) is 1. The molecule has 0 radical (unpaired) electrons. The maximum atomic E-state index is 13.0. The maximum absolute atomic E-state index is 13.0. The summed E-state index contributed by atoms with van der Waals surface area (Å²) in [6.07, 6.45) is 5.25. The highest BCUT2D eigenvalue weighted by atomic mass is 32.1. The van der Waals surface area contributed by atoms with Gasteiger partial charge < -0.3 is 9.84 Å². The highest BCUT2D eigenvalue weighted by Gasteiger charge is 2.60. The Morgan fingerprint density at radius 1 is 1.21 bits per heavy atom. The summed E-state index contributed by atoms with van der Waals surface area (Å²) in [5.74, 6) is 1.35. The van der Waals surface area contributed by atoms with Gasteiger partial charge in [0.25, 0.3) is 0 Å². The summed E-state index contributed by atoms with van der Waals surface area (Å²) < 4.78 is 5.75. The zero-order chi connectivity index (χ0) is 20.2. The van der Waals surface area contributed by atoms with Crippen molar-refractivity contribution in [2.45, 2.75) is 70.5 Å². The first-order chi connectivity index (χ1) is 13.8. The number of aromatic nitrogens is 1. The molecule has 1 N–H and O–H groups in total. The minimum Gasteiger partial charge on any atom is -0.459 e. The van der Waals surface area contributed by atoms with Crippen molar-refractivity contribution in [3.8, 4) is 10.6 Å². The quantitative estimate of drug-likeness (QED) is 0.678.